The Labute approximate surface area is 94.0 Å². The van der Waals surface area contributed by atoms with E-state index in [1.807, 2.05) is 0 Å². The van der Waals surface area contributed by atoms with Crippen molar-refractivity contribution in [2.45, 2.75) is 13.0 Å². The number of ether oxygens (including phenoxy) is 1. The zero-order valence-corrected chi connectivity index (χ0v) is 9.36. The third-order valence-electron chi connectivity index (χ3n) is 2.34. The maximum atomic E-state index is 11.4. The summed E-state index contributed by atoms with van der Waals surface area (Å²) >= 11 is 0. The van der Waals surface area contributed by atoms with E-state index in [-0.39, 0.29) is 17.9 Å². The summed E-state index contributed by atoms with van der Waals surface area (Å²) in [5.41, 5.74) is 12.6. The van der Waals surface area contributed by atoms with E-state index in [0.717, 1.165) is 5.56 Å². The molecule has 16 heavy (non-hydrogen) atoms. The van der Waals surface area contributed by atoms with Gasteiger partial charge in [-0.05, 0) is 18.6 Å². The van der Waals surface area contributed by atoms with Gasteiger partial charge in [-0.1, -0.05) is 6.07 Å². The van der Waals surface area contributed by atoms with Crippen LogP contribution in [0, 0.1) is 6.92 Å². The average molecular weight is 224 g/mol. The second-order valence-electron chi connectivity index (χ2n) is 3.58. The van der Waals surface area contributed by atoms with Gasteiger partial charge in [0.25, 0.3) is 0 Å². The number of rotatable bonds is 3. The lowest BCUT2D eigenvalue weighted by atomic mass is 9.99. The highest BCUT2D eigenvalue weighted by Gasteiger charge is 2.18. The summed E-state index contributed by atoms with van der Waals surface area (Å²) in [6, 6.07) is 2.76. The monoisotopic (exact) mass is 224 g/mol. The Balaban J connectivity index is 3.31. The van der Waals surface area contributed by atoms with Crippen molar-refractivity contribution >= 4 is 5.97 Å². The van der Waals surface area contributed by atoms with Gasteiger partial charge in [-0.25, -0.2) is 4.79 Å². The molecule has 0 saturated carbocycles. The van der Waals surface area contributed by atoms with Crippen molar-refractivity contribution in [3.8, 4) is 5.75 Å². The molecule has 0 unspecified atom stereocenters. The topological polar surface area (TPSA) is 98.6 Å². The Morgan fingerprint density at radius 3 is 2.69 bits per heavy atom. The van der Waals surface area contributed by atoms with E-state index in [1.165, 1.54) is 7.11 Å². The van der Waals surface area contributed by atoms with Gasteiger partial charge in [0.2, 0.25) is 0 Å². The highest BCUT2D eigenvalue weighted by atomic mass is 16.5. The SMILES string of the molecule is COC(=O)c1cc(C)cc([C@@H](N)CN)c1O. The molecule has 0 aliphatic carbocycles. The lowest BCUT2D eigenvalue weighted by Gasteiger charge is -2.14. The highest BCUT2D eigenvalue weighted by molar-refractivity contribution is 5.93. The van der Waals surface area contributed by atoms with Gasteiger partial charge in [0, 0.05) is 18.2 Å². The number of hydrogen-bond acceptors (Lipinski definition) is 5. The molecule has 0 spiro atoms. The summed E-state index contributed by atoms with van der Waals surface area (Å²) in [6.07, 6.45) is 0. The molecule has 5 nitrogen and oxygen atoms in total. The van der Waals surface area contributed by atoms with E-state index in [9.17, 15) is 9.90 Å². The zero-order chi connectivity index (χ0) is 12.3. The van der Waals surface area contributed by atoms with Crippen LogP contribution in [0.3, 0.4) is 0 Å². The first-order chi connectivity index (χ1) is 7.51. The van der Waals surface area contributed by atoms with Crippen molar-refractivity contribution in [1.29, 1.82) is 0 Å². The minimum Gasteiger partial charge on any atom is -0.507 e. The molecule has 1 atom stereocenters. The van der Waals surface area contributed by atoms with Crippen LogP contribution in [0.4, 0.5) is 0 Å². The normalized spacial score (nSPS) is 12.2. The predicted octanol–water partition coefficient (Wildman–Crippen LogP) is 0.446. The zero-order valence-electron chi connectivity index (χ0n) is 9.36. The third kappa shape index (κ3) is 2.32. The van der Waals surface area contributed by atoms with Crippen LogP contribution in [0.15, 0.2) is 12.1 Å². The molecule has 5 N–H and O–H groups in total. The van der Waals surface area contributed by atoms with E-state index in [2.05, 4.69) is 4.74 Å². The summed E-state index contributed by atoms with van der Waals surface area (Å²) in [5, 5.41) is 9.88. The van der Waals surface area contributed by atoms with Gasteiger partial charge in [-0.15, -0.1) is 0 Å². The maximum Gasteiger partial charge on any atom is 0.341 e. The van der Waals surface area contributed by atoms with Gasteiger partial charge in [-0.2, -0.15) is 0 Å². The second kappa shape index (κ2) is 4.96. The molecule has 0 aliphatic heterocycles. The van der Waals surface area contributed by atoms with Crippen LogP contribution in [-0.2, 0) is 4.74 Å². The summed E-state index contributed by atoms with van der Waals surface area (Å²) in [4.78, 5) is 11.4. The molecule has 1 rings (SSSR count). The van der Waals surface area contributed by atoms with Crippen molar-refractivity contribution in [3.05, 3.63) is 28.8 Å². The number of methoxy groups -OCH3 is 1. The van der Waals surface area contributed by atoms with Crippen LogP contribution >= 0.6 is 0 Å². The first-order valence-electron chi connectivity index (χ1n) is 4.88. The van der Waals surface area contributed by atoms with Crippen LogP contribution < -0.4 is 11.5 Å². The summed E-state index contributed by atoms with van der Waals surface area (Å²) in [6.45, 7) is 2.00. The number of benzene rings is 1. The molecule has 0 aromatic heterocycles. The van der Waals surface area contributed by atoms with Crippen LogP contribution in [0.5, 0.6) is 5.75 Å². The lowest BCUT2D eigenvalue weighted by Crippen LogP contribution is -2.21. The van der Waals surface area contributed by atoms with Gasteiger partial charge in [0.05, 0.1) is 7.11 Å². The lowest BCUT2D eigenvalue weighted by molar-refractivity contribution is 0.0597. The van der Waals surface area contributed by atoms with E-state index in [4.69, 9.17) is 11.5 Å². The highest BCUT2D eigenvalue weighted by Crippen LogP contribution is 2.28. The molecule has 0 fully saturated rings. The molecule has 0 aliphatic rings. The molecular weight excluding hydrogens is 208 g/mol. The number of esters is 1. The molecule has 0 amide bonds. The van der Waals surface area contributed by atoms with Gasteiger partial charge in [0.15, 0.2) is 0 Å². The number of nitrogens with two attached hydrogens (primary N) is 2. The minimum absolute atomic E-state index is 0.112. The number of carbonyl (C=O) groups is 1. The fraction of sp³-hybridized carbons (Fsp3) is 0.364. The standard InChI is InChI=1S/C11H16N2O3/c1-6-3-7(9(13)5-12)10(14)8(4-6)11(15)16-2/h3-4,9,14H,5,12-13H2,1-2H3/t9-/m0/s1. The van der Waals surface area contributed by atoms with Crippen molar-refractivity contribution in [2.24, 2.45) is 11.5 Å². The van der Waals surface area contributed by atoms with Gasteiger partial charge in [0.1, 0.15) is 11.3 Å². The summed E-state index contributed by atoms with van der Waals surface area (Å²) in [7, 11) is 1.26. The Hall–Kier alpha value is -1.59. The number of aromatic hydroxyl groups is 1. The molecular formula is C11H16N2O3. The smallest absolute Gasteiger partial charge is 0.341 e. The van der Waals surface area contributed by atoms with Crippen molar-refractivity contribution in [1.82, 2.24) is 0 Å². The fourth-order valence-electron chi connectivity index (χ4n) is 1.48. The van der Waals surface area contributed by atoms with Gasteiger partial charge < -0.3 is 21.3 Å². The summed E-state index contributed by atoms with van der Waals surface area (Å²) < 4.78 is 4.57. The fourth-order valence-corrected chi connectivity index (χ4v) is 1.48. The third-order valence-corrected chi connectivity index (χ3v) is 2.34. The van der Waals surface area contributed by atoms with Crippen LogP contribution in [0.1, 0.15) is 27.5 Å². The Kier molecular flexibility index (Phi) is 3.87. The molecule has 1 aromatic rings. The summed E-state index contributed by atoms with van der Waals surface area (Å²) in [5.74, 6) is -0.748. The number of phenolic OH excluding ortho intramolecular Hbond substituents is 1. The van der Waals surface area contributed by atoms with Crippen LogP contribution in [0.25, 0.3) is 0 Å². The number of carbonyl (C=O) groups excluding carboxylic acids is 1. The number of aryl methyl sites for hydroxylation is 1. The molecule has 1 aromatic carbocycles. The molecule has 88 valence electrons. The van der Waals surface area contributed by atoms with Gasteiger partial charge >= 0.3 is 5.97 Å². The first-order valence-corrected chi connectivity index (χ1v) is 4.88. The Bertz CT molecular complexity index is 404. The Morgan fingerprint density at radius 2 is 2.19 bits per heavy atom. The van der Waals surface area contributed by atoms with E-state index in [0.29, 0.717) is 5.56 Å². The first kappa shape index (κ1) is 12.5. The second-order valence-corrected chi connectivity index (χ2v) is 3.58. The molecule has 0 heterocycles. The van der Waals surface area contributed by atoms with E-state index >= 15 is 0 Å². The minimum atomic E-state index is -0.591. The molecule has 5 heteroatoms. The Morgan fingerprint density at radius 1 is 1.56 bits per heavy atom. The number of phenols is 1. The van der Waals surface area contributed by atoms with Crippen molar-refractivity contribution in [2.75, 3.05) is 13.7 Å². The largest absolute Gasteiger partial charge is 0.507 e. The molecule has 0 saturated heterocycles. The van der Waals surface area contributed by atoms with Crippen molar-refractivity contribution < 1.29 is 14.6 Å². The molecule has 0 radical (unpaired) electrons. The maximum absolute atomic E-state index is 11.4. The number of hydrogen-bond donors (Lipinski definition) is 3. The predicted molar refractivity (Wildman–Crippen MR) is 60.2 cm³/mol. The van der Waals surface area contributed by atoms with Crippen LogP contribution in [-0.4, -0.2) is 24.7 Å². The quantitative estimate of drug-likeness (QED) is 0.647. The molecule has 0 bridgehead atoms. The van der Waals surface area contributed by atoms with E-state index < -0.39 is 12.0 Å². The van der Waals surface area contributed by atoms with Gasteiger partial charge in [-0.3, -0.25) is 0 Å². The van der Waals surface area contributed by atoms with E-state index in [1.54, 1.807) is 19.1 Å². The van der Waals surface area contributed by atoms with Crippen molar-refractivity contribution in [3.63, 3.8) is 0 Å². The van der Waals surface area contributed by atoms with Crippen LogP contribution in [0.2, 0.25) is 0 Å². The average Bonchev–Trinajstić information content (AvgIpc) is 2.29.